The summed E-state index contributed by atoms with van der Waals surface area (Å²) in [5, 5.41) is 3.35. The van der Waals surface area contributed by atoms with Crippen molar-refractivity contribution >= 4 is 11.6 Å². The number of nitrogens with zero attached hydrogens (tertiary/aromatic N) is 1. The lowest BCUT2D eigenvalue weighted by atomic mass is 10.0. The van der Waals surface area contributed by atoms with Crippen LogP contribution < -0.4 is 14.8 Å². The number of ether oxygens (including phenoxy) is 2. The summed E-state index contributed by atoms with van der Waals surface area (Å²) in [6.07, 6.45) is 9.08. The van der Waals surface area contributed by atoms with Crippen LogP contribution in [0.25, 0.3) is 0 Å². The molecule has 1 aromatic heterocycles. The number of aromatic nitrogens is 1. The number of nitrogens with one attached hydrogen (secondary N) is 1. The maximum atomic E-state index is 13.2. The number of carbonyl (C=O) groups excluding carboxylic acids is 1. The Bertz CT molecular complexity index is 1020. The van der Waals surface area contributed by atoms with Crippen LogP contribution >= 0.6 is 0 Å². The van der Waals surface area contributed by atoms with E-state index in [0.717, 1.165) is 24.3 Å². The third-order valence-corrected chi connectivity index (χ3v) is 5.51. The third kappa shape index (κ3) is 7.63. The normalized spacial score (nSPS) is 10.6. The Morgan fingerprint density at radius 3 is 2.55 bits per heavy atom. The largest absolute Gasteiger partial charge is 0.497 e. The molecule has 0 saturated carbocycles. The average molecular weight is 447 g/mol. The number of pyridine rings is 1. The summed E-state index contributed by atoms with van der Waals surface area (Å²) < 4.78 is 11.2. The number of hydrogen-bond donors (Lipinski definition) is 1. The number of unbranched alkanes of at least 4 members (excludes halogenated alkanes) is 5. The van der Waals surface area contributed by atoms with Crippen molar-refractivity contribution in [1.29, 1.82) is 0 Å². The van der Waals surface area contributed by atoms with Crippen molar-refractivity contribution in [3.05, 3.63) is 83.6 Å². The van der Waals surface area contributed by atoms with Crippen LogP contribution in [0.4, 0.5) is 5.82 Å². The minimum Gasteiger partial charge on any atom is -0.497 e. The van der Waals surface area contributed by atoms with Gasteiger partial charge in [0.2, 0.25) is 0 Å². The molecule has 1 N–H and O–H groups in total. The summed E-state index contributed by atoms with van der Waals surface area (Å²) in [7, 11) is 1.64. The van der Waals surface area contributed by atoms with Crippen LogP contribution in [-0.4, -0.2) is 24.4 Å². The topological polar surface area (TPSA) is 60.5 Å². The third-order valence-electron chi connectivity index (χ3n) is 5.51. The second-order valence-corrected chi connectivity index (χ2v) is 8.09. The van der Waals surface area contributed by atoms with E-state index in [1.807, 2.05) is 48.5 Å². The van der Waals surface area contributed by atoms with Crippen molar-refractivity contribution in [2.24, 2.45) is 0 Å². The van der Waals surface area contributed by atoms with Crippen LogP contribution in [0.1, 0.15) is 66.9 Å². The van der Waals surface area contributed by atoms with Gasteiger partial charge in [-0.25, -0.2) is 4.98 Å². The number of hydrogen-bond acceptors (Lipinski definition) is 5. The highest BCUT2D eigenvalue weighted by atomic mass is 16.5. The minimum absolute atomic E-state index is 0.0691. The standard InChI is InChI=1S/C28H34N2O3/c1-3-4-5-6-7-8-17-29-28-26(16-11-18-30-28)27(31)23-13-10-15-25(20-23)33-21-22-12-9-14-24(19-22)32-2/h9-16,18-20H,3-8,17,21H2,1-2H3,(H,29,30). The molecule has 5 nitrogen and oxygen atoms in total. The maximum Gasteiger partial charge on any atom is 0.196 e. The maximum absolute atomic E-state index is 13.2. The van der Waals surface area contributed by atoms with E-state index in [1.54, 1.807) is 25.4 Å². The van der Waals surface area contributed by atoms with Crippen LogP contribution in [-0.2, 0) is 6.61 Å². The first-order valence-electron chi connectivity index (χ1n) is 11.8. The first kappa shape index (κ1) is 24.3. The van der Waals surface area contributed by atoms with Gasteiger partial charge in [0.15, 0.2) is 5.78 Å². The van der Waals surface area contributed by atoms with Crippen molar-refractivity contribution in [2.45, 2.75) is 52.1 Å². The molecule has 0 amide bonds. The molecule has 0 spiro atoms. The first-order chi connectivity index (χ1) is 16.2. The second-order valence-electron chi connectivity index (χ2n) is 8.09. The van der Waals surface area contributed by atoms with Crippen LogP contribution in [0, 0.1) is 0 Å². The molecule has 0 saturated heterocycles. The number of anilines is 1. The van der Waals surface area contributed by atoms with E-state index in [9.17, 15) is 4.79 Å². The SMILES string of the molecule is CCCCCCCCNc1ncccc1C(=O)c1cccc(OCc2cccc(OC)c2)c1. The lowest BCUT2D eigenvalue weighted by Crippen LogP contribution is -2.11. The molecule has 33 heavy (non-hydrogen) atoms. The van der Waals surface area contributed by atoms with Crippen LogP contribution in [0.3, 0.4) is 0 Å². The number of methoxy groups -OCH3 is 1. The number of carbonyl (C=O) groups is 1. The molecule has 5 heteroatoms. The van der Waals surface area contributed by atoms with Crippen molar-refractivity contribution in [3.8, 4) is 11.5 Å². The van der Waals surface area contributed by atoms with Gasteiger partial charge < -0.3 is 14.8 Å². The Morgan fingerprint density at radius 1 is 0.909 bits per heavy atom. The zero-order chi connectivity index (χ0) is 23.3. The Labute approximate surface area is 197 Å². The van der Waals surface area contributed by atoms with Gasteiger partial charge in [-0.3, -0.25) is 4.79 Å². The molecule has 0 fully saturated rings. The van der Waals surface area contributed by atoms with Crippen LogP contribution in [0.2, 0.25) is 0 Å². The summed E-state index contributed by atoms with van der Waals surface area (Å²) in [5.41, 5.74) is 2.15. The molecule has 0 bridgehead atoms. The van der Waals surface area contributed by atoms with Crippen molar-refractivity contribution in [3.63, 3.8) is 0 Å². The molecule has 3 rings (SSSR count). The smallest absolute Gasteiger partial charge is 0.196 e. The van der Waals surface area contributed by atoms with Gasteiger partial charge in [0.25, 0.3) is 0 Å². The molecule has 0 unspecified atom stereocenters. The fourth-order valence-electron chi connectivity index (χ4n) is 3.65. The fraction of sp³-hybridized carbons (Fsp3) is 0.357. The van der Waals surface area contributed by atoms with Gasteiger partial charge in [-0.05, 0) is 48.4 Å². The van der Waals surface area contributed by atoms with Gasteiger partial charge in [-0.2, -0.15) is 0 Å². The highest BCUT2D eigenvalue weighted by molar-refractivity contribution is 6.12. The van der Waals surface area contributed by atoms with Crippen molar-refractivity contribution in [1.82, 2.24) is 4.98 Å². The van der Waals surface area contributed by atoms with Gasteiger partial charge in [-0.15, -0.1) is 0 Å². The zero-order valence-corrected chi connectivity index (χ0v) is 19.7. The van der Waals surface area contributed by atoms with Crippen LogP contribution in [0.5, 0.6) is 11.5 Å². The van der Waals surface area contributed by atoms with E-state index in [-0.39, 0.29) is 5.78 Å². The molecular formula is C28H34N2O3. The van der Waals surface area contributed by atoms with Gasteiger partial charge in [0.1, 0.15) is 23.9 Å². The quantitative estimate of drug-likeness (QED) is 0.221. The molecular weight excluding hydrogens is 412 g/mol. The van der Waals surface area contributed by atoms with Crippen LogP contribution in [0.15, 0.2) is 66.9 Å². The minimum atomic E-state index is -0.0691. The highest BCUT2D eigenvalue weighted by Crippen LogP contribution is 2.22. The molecule has 0 atom stereocenters. The lowest BCUT2D eigenvalue weighted by Gasteiger charge is -2.12. The molecule has 174 valence electrons. The summed E-state index contributed by atoms with van der Waals surface area (Å²) in [6, 6.07) is 18.7. The van der Waals surface area contributed by atoms with E-state index in [0.29, 0.717) is 29.3 Å². The van der Waals surface area contributed by atoms with Gasteiger partial charge >= 0.3 is 0 Å². The van der Waals surface area contributed by atoms with E-state index >= 15 is 0 Å². The van der Waals surface area contributed by atoms with E-state index < -0.39 is 0 Å². The molecule has 2 aromatic carbocycles. The Kier molecular flexibility index (Phi) is 9.77. The predicted molar refractivity (Wildman–Crippen MR) is 133 cm³/mol. The first-order valence-corrected chi connectivity index (χ1v) is 11.8. The Morgan fingerprint density at radius 2 is 1.70 bits per heavy atom. The van der Waals surface area contributed by atoms with Gasteiger partial charge in [0.05, 0.1) is 12.7 Å². The van der Waals surface area contributed by atoms with Crippen molar-refractivity contribution in [2.75, 3.05) is 19.0 Å². The van der Waals surface area contributed by atoms with E-state index in [1.165, 1.54) is 32.1 Å². The number of ketones is 1. The molecule has 0 radical (unpaired) electrons. The molecule has 0 aliphatic rings. The predicted octanol–water partition coefficient (Wildman–Crippen LogP) is 6.67. The number of benzene rings is 2. The summed E-state index contributed by atoms with van der Waals surface area (Å²) in [4.78, 5) is 17.6. The van der Waals surface area contributed by atoms with Gasteiger partial charge in [0, 0.05) is 18.3 Å². The monoisotopic (exact) mass is 446 g/mol. The average Bonchev–Trinajstić information content (AvgIpc) is 2.87. The number of rotatable bonds is 14. The Hall–Kier alpha value is -3.34. The summed E-state index contributed by atoms with van der Waals surface area (Å²) in [6.45, 7) is 3.43. The lowest BCUT2D eigenvalue weighted by molar-refractivity contribution is 0.103. The summed E-state index contributed by atoms with van der Waals surface area (Å²) >= 11 is 0. The highest BCUT2D eigenvalue weighted by Gasteiger charge is 2.15. The van der Waals surface area contributed by atoms with E-state index in [4.69, 9.17) is 9.47 Å². The van der Waals surface area contributed by atoms with Crippen molar-refractivity contribution < 1.29 is 14.3 Å². The molecule has 3 aromatic rings. The van der Waals surface area contributed by atoms with Gasteiger partial charge in [-0.1, -0.05) is 63.3 Å². The van der Waals surface area contributed by atoms with E-state index in [2.05, 4.69) is 17.2 Å². The fourth-order valence-corrected chi connectivity index (χ4v) is 3.65. The second kappa shape index (κ2) is 13.3. The summed E-state index contributed by atoms with van der Waals surface area (Å²) in [5.74, 6) is 2.01. The Balaban J connectivity index is 1.60. The molecule has 0 aliphatic carbocycles. The zero-order valence-electron chi connectivity index (χ0n) is 19.7. The molecule has 0 aliphatic heterocycles. The molecule has 1 heterocycles.